The second-order valence-electron chi connectivity index (χ2n) is 12.4. The molecule has 3 aromatic rings. The molecule has 46 heavy (non-hydrogen) atoms. The van der Waals surface area contributed by atoms with Gasteiger partial charge in [-0.2, -0.15) is 0 Å². The molecular weight excluding hydrogens is 601 g/mol. The van der Waals surface area contributed by atoms with Crippen molar-refractivity contribution in [2.45, 2.75) is 76.1 Å². The van der Waals surface area contributed by atoms with Crippen molar-refractivity contribution in [3.63, 3.8) is 0 Å². The number of H-pyrrole nitrogens is 1. The van der Waals surface area contributed by atoms with Crippen LogP contribution in [-0.2, 0) is 14.3 Å². The fraction of sp³-hybridized carbons (Fsp3) is 0.545. The van der Waals surface area contributed by atoms with Gasteiger partial charge in [-0.25, -0.2) is 22.9 Å². The third kappa shape index (κ3) is 6.08. The van der Waals surface area contributed by atoms with E-state index in [0.29, 0.717) is 67.1 Å². The van der Waals surface area contributed by atoms with Crippen LogP contribution in [0.15, 0.2) is 24.3 Å². The van der Waals surface area contributed by atoms with Crippen LogP contribution < -0.4 is 15.1 Å². The number of amides is 2. The highest BCUT2D eigenvalue weighted by atomic mass is 19.1. The molecule has 0 saturated carbocycles. The highest BCUT2D eigenvalue weighted by molar-refractivity contribution is 5.87. The minimum atomic E-state index is -0.969. The first kappa shape index (κ1) is 32.0. The number of hydrogen-bond acceptors (Lipinski definition) is 7. The number of nitrogens with zero attached hydrogens (tertiary/aromatic N) is 4. The number of likely N-dealkylation sites (tertiary alicyclic amines) is 1. The molecule has 3 saturated heterocycles. The first-order valence-electron chi connectivity index (χ1n) is 16.1. The number of piperidine rings is 1. The van der Waals surface area contributed by atoms with Crippen molar-refractivity contribution in [2.24, 2.45) is 0 Å². The Morgan fingerprint density at radius 2 is 1.61 bits per heavy atom. The molecule has 4 heterocycles. The van der Waals surface area contributed by atoms with Crippen molar-refractivity contribution >= 4 is 34.4 Å². The van der Waals surface area contributed by atoms with Gasteiger partial charge in [-0.3, -0.25) is 4.79 Å². The molecular formula is C33H41F3N6O4. The van der Waals surface area contributed by atoms with Crippen molar-refractivity contribution in [3.05, 3.63) is 53.1 Å². The Kier molecular flexibility index (Phi) is 9.30. The number of aromatic nitrogens is 2. The number of imidazole rings is 1. The number of fused-ring (bicyclic) bond motifs is 1. The zero-order valence-electron chi connectivity index (χ0n) is 26.5. The summed E-state index contributed by atoms with van der Waals surface area (Å²) < 4.78 is 56.5. The van der Waals surface area contributed by atoms with Crippen LogP contribution in [0.2, 0.25) is 0 Å². The molecule has 3 aliphatic heterocycles. The summed E-state index contributed by atoms with van der Waals surface area (Å²) in [7, 11) is 2.68. The molecule has 13 heteroatoms. The first-order valence-corrected chi connectivity index (χ1v) is 16.1. The van der Waals surface area contributed by atoms with E-state index in [0.717, 1.165) is 32.1 Å². The molecule has 1 aromatic heterocycles. The van der Waals surface area contributed by atoms with Gasteiger partial charge in [-0.15, -0.1) is 0 Å². The average molecular weight is 643 g/mol. The van der Waals surface area contributed by atoms with Gasteiger partial charge < -0.3 is 34.5 Å². The molecule has 0 unspecified atom stereocenters. The number of aromatic amines is 1. The highest BCUT2D eigenvalue weighted by Crippen LogP contribution is 2.41. The van der Waals surface area contributed by atoms with Crippen molar-refractivity contribution in [3.8, 4) is 0 Å². The van der Waals surface area contributed by atoms with Gasteiger partial charge in [0.1, 0.15) is 23.4 Å². The van der Waals surface area contributed by atoms with E-state index in [-0.39, 0.29) is 11.6 Å². The SMILES string of the molecule is COC(=O)N[C@H](C(=O)N1CCC[C@H]1c1nc2cc(F)c([C@H]3CCCN3c3cc(F)c(N4CCCCC4)c(F)c3)cc2[nH]1)[C@@H](C)OC. The number of hydrogen-bond donors (Lipinski definition) is 2. The molecule has 3 fully saturated rings. The topological polar surface area (TPSA) is 103 Å². The molecule has 6 rings (SSSR count). The number of methoxy groups -OCH3 is 2. The van der Waals surface area contributed by atoms with Gasteiger partial charge in [0.25, 0.3) is 0 Å². The molecule has 2 amide bonds. The minimum absolute atomic E-state index is 0.0142. The van der Waals surface area contributed by atoms with Crippen molar-refractivity contribution in [1.82, 2.24) is 20.2 Å². The van der Waals surface area contributed by atoms with E-state index >= 15 is 13.2 Å². The van der Waals surface area contributed by atoms with Gasteiger partial charge in [-0.05, 0) is 70.1 Å². The minimum Gasteiger partial charge on any atom is -0.453 e. The van der Waals surface area contributed by atoms with Gasteiger partial charge in [-0.1, -0.05) is 0 Å². The van der Waals surface area contributed by atoms with E-state index < -0.39 is 47.8 Å². The molecule has 0 bridgehead atoms. The lowest BCUT2D eigenvalue weighted by atomic mass is 10.0. The van der Waals surface area contributed by atoms with E-state index in [9.17, 15) is 9.59 Å². The van der Waals surface area contributed by atoms with Gasteiger partial charge in [0.05, 0.1) is 36.3 Å². The van der Waals surface area contributed by atoms with E-state index in [1.165, 1.54) is 32.4 Å². The monoisotopic (exact) mass is 642 g/mol. The molecule has 248 valence electrons. The Balaban J connectivity index is 1.26. The first-order chi connectivity index (χ1) is 22.2. The molecule has 0 aliphatic carbocycles. The van der Waals surface area contributed by atoms with E-state index in [1.54, 1.807) is 22.8 Å². The number of benzene rings is 2. The van der Waals surface area contributed by atoms with Gasteiger partial charge in [0, 0.05) is 50.6 Å². The fourth-order valence-electron chi connectivity index (χ4n) is 7.21. The normalized spacial score (nSPS) is 21.6. The third-order valence-electron chi connectivity index (χ3n) is 9.65. The smallest absolute Gasteiger partial charge is 0.407 e. The molecule has 10 nitrogen and oxygen atoms in total. The summed E-state index contributed by atoms with van der Waals surface area (Å²) in [4.78, 5) is 38.9. The van der Waals surface area contributed by atoms with Crippen LogP contribution in [0.25, 0.3) is 11.0 Å². The predicted octanol–water partition coefficient (Wildman–Crippen LogP) is 5.74. The number of halogens is 3. The van der Waals surface area contributed by atoms with Gasteiger partial charge in [0.2, 0.25) is 5.91 Å². The third-order valence-corrected chi connectivity index (χ3v) is 9.65. The summed E-state index contributed by atoms with van der Waals surface area (Å²) in [6.07, 6.45) is 4.23. The Labute approximate surface area is 266 Å². The maximum Gasteiger partial charge on any atom is 0.407 e. The summed E-state index contributed by atoms with van der Waals surface area (Å²) in [6.45, 7) is 3.93. The molecule has 2 N–H and O–H groups in total. The number of alkyl carbamates (subject to hydrolysis) is 1. The van der Waals surface area contributed by atoms with Crippen LogP contribution in [0.5, 0.6) is 0 Å². The van der Waals surface area contributed by atoms with Crippen LogP contribution in [0.3, 0.4) is 0 Å². The second-order valence-corrected chi connectivity index (χ2v) is 12.4. The molecule has 2 aromatic carbocycles. The molecule has 3 aliphatic rings. The molecule has 4 atom stereocenters. The summed E-state index contributed by atoms with van der Waals surface area (Å²) in [5.41, 5.74) is 1.84. The Morgan fingerprint density at radius 1 is 0.913 bits per heavy atom. The van der Waals surface area contributed by atoms with Crippen molar-refractivity contribution in [2.75, 3.05) is 50.2 Å². The number of ether oxygens (including phenoxy) is 2. The Bertz CT molecular complexity index is 1570. The summed E-state index contributed by atoms with van der Waals surface area (Å²) >= 11 is 0. The van der Waals surface area contributed by atoms with E-state index in [1.807, 2.05) is 4.90 Å². The largest absolute Gasteiger partial charge is 0.453 e. The summed E-state index contributed by atoms with van der Waals surface area (Å²) in [6, 6.07) is 4.03. The van der Waals surface area contributed by atoms with Crippen LogP contribution in [0.4, 0.5) is 29.3 Å². The summed E-state index contributed by atoms with van der Waals surface area (Å²) in [5, 5.41) is 2.57. The highest BCUT2D eigenvalue weighted by Gasteiger charge is 2.39. The van der Waals surface area contributed by atoms with Crippen LogP contribution >= 0.6 is 0 Å². The second kappa shape index (κ2) is 13.4. The zero-order chi connectivity index (χ0) is 32.5. The Hall–Kier alpha value is -4.00. The number of carbonyl (C=O) groups excluding carboxylic acids is 2. The van der Waals surface area contributed by atoms with Gasteiger partial charge in [0.15, 0.2) is 11.6 Å². The van der Waals surface area contributed by atoms with Crippen LogP contribution in [0, 0.1) is 17.5 Å². The zero-order valence-corrected chi connectivity index (χ0v) is 26.5. The molecule has 0 spiro atoms. The lowest BCUT2D eigenvalue weighted by molar-refractivity contribution is -0.137. The lowest BCUT2D eigenvalue weighted by Gasteiger charge is -2.31. The number of carbonyl (C=O) groups is 2. The fourth-order valence-corrected chi connectivity index (χ4v) is 7.21. The number of nitrogens with one attached hydrogen (secondary N) is 2. The summed E-state index contributed by atoms with van der Waals surface area (Å²) in [5.74, 6) is -1.47. The maximum atomic E-state index is 15.7. The maximum absolute atomic E-state index is 15.7. The van der Waals surface area contributed by atoms with Crippen molar-refractivity contribution < 1.29 is 32.2 Å². The average Bonchev–Trinajstić information content (AvgIpc) is 3.82. The van der Waals surface area contributed by atoms with Crippen LogP contribution in [-0.4, -0.2) is 79.4 Å². The standard InChI is InChI=1S/C33H41F3N6O4/c1-19(45-2)29(39-33(44)46-3)32(43)42-14-8-10-28(42)31-37-25-17-21(22(34)18-26(25)38-31)27-9-7-13-41(27)20-15-23(35)30(24(36)16-20)40-11-5-4-6-12-40/h15-19,27-29H,4-14H2,1-3H3,(H,37,38)(H,39,44)/t19-,27-,28+,29+/m1/s1. The number of rotatable bonds is 8. The van der Waals surface area contributed by atoms with Gasteiger partial charge >= 0.3 is 6.09 Å². The van der Waals surface area contributed by atoms with Crippen molar-refractivity contribution in [1.29, 1.82) is 0 Å². The quantitative estimate of drug-likeness (QED) is 0.323. The van der Waals surface area contributed by atoms with E-state index in [2.05, 4.69) is 15.3 Å². The van der Waals surface area contributed by atoms with E-state index in [4.69, 9.17) is 9.47 Å². The number of anilines is 2. The predicted molar refractivity (Wildman–Crippen MR) is 167 cm³/mol. The lowest BCUT2D eigenvalue weighted by Crippen LogP contribution is -2.54. The molecule has 0 radical (unpaired) electrons. The van der Waals surface area contributed by atoms with Crippen LogP contribution in [0.1, 0.15) is 75.3 Å². The Morgan fingerprint density at radius 3 is 2.30 bits per heavy atom.